The summed E-state index contributed by atoms with van der Waals surface area (Å²) in [6, 6.07) is 0. The van der Waals surface area contributed by atoms with E-state index in [4.69, 9.17) is 0 Å². The number of hydrogen-bond donors (Lipinski definition) is 1. The maximum atomic E-state index is 3.98. The van der Waals surface area contributed by atoms with Gasteiger partial charge in [0.15, 0.2) is 0 Å². The van der Waals surface area contributed by atoms with Crippen LogP contribution in [0, 0.1) is 0 Å². The van der Waals surface area contributed by atoms with Crippen LogP contribution in [0.1, 0.15) is 5.69 Å². The van der Waals surface area contributed by atoms with Crippen molar-refractivity contribution in [3.63, 3.8) is 0 Å². The van der Waals surface area contributed by atoms with Crippen LogP contribution >= 0.6 is 0 Å². The summed E-state index contributed by atoms with van der Waals surface area (Å²) in [6.45, 7) is 2.62. The molecule has 2 aromatic rings. The maximum absolute atomic E-state index is 3.98. The predicted molar refractivity (Wildman–Crippen MR) is 54.9 cm³/mol. The molecule has 0 aliphatic carbocycles. The molecular formula is C9H14N6. The first-order valence-electron chi connectivity index (χ1n) is 4.86. The largest absolute Gasteiger partial charge is 0.336 e. The molecule has 0 aliphatic heterocycles. The van der Waals surface area contributed by atoms with Crippen molar-refractivity contribution in [1.82, 2.24) is 29.9 Å². The number of nitrogens with one attached hydrogen (secondary N) is 1. The topological polar surface area (TPSA) is 60.6 Å². The van der Waals surface area contributed by atoms with Crippen molar-refractivity contribution in [2.24, 2.45) is 7.05 Å². The Balaban J connectivity index is 1.70. The van der Waals surface area contributed by atoms with E-state index in [1.165, 1.54) is 0 Å². The molecule has 0 saturated carbocycles. The molecule has 0 amide bonds. The van der Waals surface area contributed by atoms with Gasteiger partial charge in [-0.1, -0.05) is 5.21 Å². The van der Waals surface area contributed by atoms with Crippen molar-refractivity contribution in [1.29, 1.82) is 0 Å². The van der Waals surface area contributed by atoms with Crippen LogP contribution in [0.15, 0.2) is 24.9 Å². The predicted octanol–water partition coefficient (Wildman–Crippen LogP) is -0.199. The maximum Gasteiger partial charge on any atom is 0.0946 e. The summed E-state index contributed by atoms with van der Waals surface area (Å²) in [5, 5.41) is 11.0. The molecule has 2 rings (SSSR count). The van der Waals surface area contributed by atoms with Crippen LogP contribution in [0.3, 0.4) is 0 Å². The quantitative estimate of drug-likeness (QED) is 0.688. The molecule has 0 aliphatic rings. The number of nitrogens with zero attached hydrogens (tertiary/aromatic N) is 5. The van der Waals surface area contributed by atoms with Gasteiger partial charge in [-0.05, 0) is 0 Å². The van der Waals surface area contributed by atoms with Gasteiger partial charge in [-0.3, -0.25) is 4.68 Å². The highest BCUT2D eigenvalue weighted by molar-refractivity contribution is 4.92. The molecule has 0 bridgehead atoms. The van der Waals surface area contributed by atoms with Crippen molar-refractivity contribution in [3.8, 4) is 0 Å². The third kappa shape index (κ3) is 2.63. The molecule has 2 heterocycles. The zero-order valence-electron chi connectivity index (χ0n) is 8.67. The normalized spacial score (nSPS) is 10.7. The Morgan fingerprint density at radius 1 is 1.47 bits per heavy atom. The minimum Gasteiger partial charge on any atom is -0.336 e. The lowest BCUT2D eigenvalue weighted by molar-refractivity contribution is 0.571. The molecule has 0 aromatic carbocycles. The molecule has 15 heavy (non-hydrogen) atoms. The van der Waals surface area contributed by atoms with E-state index in [1.54, 1.807) is 17.1 Å². The second-order valence-electron chi connectivity index (χ2n) is 3.33. The molecule has 6 heteroatoms. The molecule has 2 aromatic heterocycles. The van der Waals surface area contributed by atoms with Gasteiger partial charge in [-0.15, -0.1) is 5.10 Å². The number of aryl methyl sites for hydroxylation is 1. The average molecular weight is 206 g/mol. The Kier molecular flexibility index (Phi) is 3.08. The fourth-order valence-corrected chi connectivity index (χ4v) is 1.31. The third-order valence-electron chi connectivity index (χ3n) is 2.22. The minimum absolute atomic E-state index is 0.790. The van der Waals surface area contributed by atoms with Gasteiger partial charge in [-0.25, -0.2) is 4.98 Å². The van der Waals surface area contributed by atoms with Gasteiger partial charge >= 0.3 is 0 Å². The average Bonchev–Trinajstić information content (AvgIpc) is 2.85. The molecule has 0 saturated heterocycles. The molecule has 0 spiro atoms. The van der Waals surface area contributed by atoms with E-state index in [1.807, 2.05) is 24.1 Å². The number of rotatable bonds is 5. The highest BCUT2D eigenvalue weighted by Gasteiger charge is 1.98. The van der Waals surface area contributed by atoms with Gasteiger partial charge in [0.1, 0.15) is 0 Å². The fraction of sp³-hybridized carbons (Fsp3) is 0.444. The summed E-state index contributed by atoms with van der Waals surface area (Å²) in [4.78, 5) is 3.98. The van der Waals surface area contributed by atoms with Crippen LogP contribution in [0.4, 0.5) is 0 Å². The number of aromatic nitrogens is 5. The smallest absolute Gasteiger partial charge is 0.0946 e. The zero-order valence-corrected chi connectivity index (χ0v) is 8.67. The van der Waals surface area contributed by atoms with E-state index < -0.39 is 0 Å². The van der Waals surface area contributed by atoms with Gasteiger partial charge in [0.25, 0.3) is 0 Å². The molecule has 80 valence electrons. The minimum atomic E-state index is 0.790. The summed E-state index contributed by atoms with van der Waals surface area (Å²) in [5.41, 5.74) is 1.08. The molecule has 0 atom stereocenters. The molecule has 1 N–H and O–H groups in total. The zero-order chi connectivity index (χ0) is 10.5. The van der Waals surface area contributed by atoms with Crippen molar-refractivity contribution in [2.45, 2.75) is 13.1 Å². The Morgan fingerprint density at radius 2 is 2.40 bits per heavy atom. The van der Waals surface area contributed by atoms with Crippen molar-refractivity contribution in [2.75, 3.05) is 6.54 Å². The highest BCUT2D eigenvalue weighted by Crippen LogP contribution is 1.91. The number of hydrogen-bond acceptors (Lipinski definition) is 4. The summed E-state index contributed by atoms with van der Waals surface area (Å²) in [6.07, 6.45) is 7.32. The molecule has 0 fully saturated rings. The first-order chi connectivity index (χ1) is 7.36. The first kappa shape index (κ1) is 9.85. The van der Waals surface area contributed by atoms with E-state index in [9.17, 15) is 0 Å². The van der Waals surface area contributed by atoms with Crippen LogP contribution in [-0.4, -0.2) is 31.1 Å². The second-order valence-corrected chi connectivity index (χ2v) is 3.33. The van der Waals surface area contributed by atoms with Crippen LogP contribution in [0.25, 0.3) is 0 Å². The lowest BCUT2D eigenvalue weighted by Crippen LogP contribution is -2.20. The van der Waals surface area contributed by atoms with E-state index in [0.29, 0.717) is 0 Å². The third-order valence-corrected chi connectivity index (χ3v) is 2.22. The molecule has 6 nitrogen and oxygen atoms in total. The van der Waals surface area contributed by atoms with Gasteiger partial charge < -0.3 is 9.88 Å². The van der Waals surface area contributed by atoms with Gasteiger partial charge in [-0.2, -0.15) is 0 Å². The molecular weight excluding hydrogens is 192 g/mol. The fourth-order valence-electron chi connectivity index (χ4n) is 1.31. The van der Waals surface area contributed by atoms with Crippen LogP contribution in [0.5, 0.6) is 0 Å². The van der Waals surface area contributed by atoms with Gasteiger partial charge in [0.05, 0.1) is 18.2 Å². The number of imidazole rings is 1. The Bertz CT molecular complexity index is 390. The van der Waals surface area contributed by atoms with Crippen molar-refractivity contribution in [3.05, 3.63) is 30.6 Å². The first-order valence-corrected chi connectivity index (χ1v) is 4.86. The Hall–Kier alpha value is -1.69. The lowest BCUT2D eigenvalue weighted by Gasteiger charge is -2.04. The summed E-state index contributed by atoms with van der Waals surface area (Å²) < 4.78 is 3.80. The van der Waals surface area contributed by atoms with Crippen LogP contribution in [0.2, 0.25) is 0 Å². The van der Waals surface area contributed by atoms with Crippen molar-refractivity contribution < 1.29 is 0 Å². The SMILES string of the molecule is Cn1nncc1CNCCn1ccnc1. The van der Waals surface area contributed by atoms with Gasteiger partial charge in [0, 0.05) is 39.1 Å². The Morgan fingerprint density at radius 3 is 3.07 bits per heavy atom. The monoisotopic (exact) mass is 206 g/mol. The van der Waals surface area contributed by atoms with E-state index in [0.717, 1.165) is 25.3 Å². The molecule has 0 unspecified atom stereocenters. The van der Waals surface area contributed by atoms with Crippen molar-refractivity contribution >= 4 is 0 Å². The lowest BCUT2D eigenvalue weighted by atomic mass is 10.4. The summed E-state index contributed by atoms with van der Waals surface area (Å²) in [7, 11) is 1.89. The van der Waals surface area contributed by atoms with Crippen LogP contribution < -0.4 is 5.32 Å². The Labute approximate surface area is 87.9 Å². The van der Waals surface area contributed by atoms with Crippen LogP contribution in [-0.2, 0) is 20.1 Å². The van der Waals surface area contributed by atoms with E-state index in [-0.39, 0.29) is 0 Å². The molecule has 0 radical (unpaired) electrons. The standard InChI is InChI=1S/C9H14N6/c1-14-9(7-12-13-14)6-10-2-4-15-5-3-11-8-15/h3,5,7-8,10H,2,4,6H2,1H3. The highest BCUT2D eigenvalue weighted by atomic mass is 15.4. The van der Waals surface area contributed by atoms with E-state index in [2.05, 4.69) is 20.6 Å². The summed E-state index contributed by atoms with van der Waals surface area (Å²) >= 11 is 0. The summed E-state index contributed by atoms with van der Waals surface area (Å²) in [5.74, 6) is 0. The van der Waals surface area contributed by atoms with Gasteiger partial charge in [0.2, 0.25) is 0 Å². The van der Waals surface area contributed by atoms with E-state index >= 15 is 0 Å². The second kappa shape index (κ2) is 4.70.